The number of ether oxygens (including phenoxy) is 2. The molecule has 0 fully saturated rings. The van der Waals surface area contributed by atoms with Gasteiger partial charge in [0, 0.05) is 12.0 Å². The van der Waals surface area contributed by atoms with E-state index >= 15 is 0 Å². The highest BCUT2D eigenvalue weighted by Crippen LogP contribution is 2.25. The van der Waals surface area contributed by atoms with E-state index in [1.165, 1.54) is 18.2 Å². The Kier molecular flexibility index (Phi) is 6.57. The van der Waals surface area contributed by atoms with Crippen LogP contribution in [0.15, 0.2) is 23.4 Å². The molecular weight excluding hydrogens is 313 g/mol. The monoisotopic (exact) mass is 326 g/mol. The van der Waals surface area contributed by atoms with Crippen molar-refractivity contribution < 1.29 is 27.9 Å². The Hall–Kier alpha value is -1.67. The molecule has 0 bridgehead atoms. The summed E-state index contributed by atoms with van der Waals surface area (Å²) < 4.78 is 45.1. The minimum atomic E-state index is -4.33. The van der Waals surface area contributed by atoms with Gasteiger partial charge in [0.25, 0.3) is 0 Å². The third-order valence-corrected chi connectivity index (χ3v) is 2.59. The molecule has 0 aliphatic rings. The lowest BCUT2D eigenvalue weighted by molar-refractivity contribution is -0.174. The molecule has 3 N–H and O–H groups in total. The van der Waals surface area contributed by atoms with Crippen molar-refractivity contribution in [3.63, 3.8) is 0 Å². The maximum atomic E-state index is 11.8. The minimum absolute atomic E-state index is 0.0701. The Labute approximate surface area is 124 Å². The Morgan fingerprint density at radius 3 is 2.62 bits per heavy atom. The fourth-order valence-electron chi connectivity index (χ4n) is 1.37. The van der Waals surface area contributed by atoms with E-state index in [0.29, 0.717) is 11.3 Å². The lowest BCUT2D eigenvalue weighted by atomic mass is 10.2. The first-order valence-electron chi connectivity index (χ1n) is 5.88. The largest absolute Gasteiger partial charge is 0.492 e. The van der Waals surface area contributed by atoms with E-state index in [1.54, 1.807) is 0 Å². The second-order valence-electron chi connectivity index (χ2n) is 4.00. The molecule has 21 heavy (non-hydrogen) atoms. The quantitative estimate of drug-likeness (QED) is 0.265. The molecule has 9 heteroatoms. The predicted octanol–water partition coefficient (Wildman–Crippen LogP) is 2.78. The fraction of sp³-hybridized carbons (Fsp3) is 0.417. The van der Waals surface area contributed by atoms with Crippen molar-refractivity contribution in [3.8, 4) is 5.75 Å². The highest BCUT2D eigenvalue weighted by atomic mass is 35.5. The van der Waals surface area contributed by atoms with Gasteiger partial charge < -0.3 is 20.4 Å². The van der Waals surface area contributed by atoms with E-state index in [1.807, 2.05) is 0 Å². The topological polar surface area (TPSA) is 77.1 Å². The number of benzene rings is 1. The van der Waals surface area contributed by atoms with Crippen LogP contribution in [-0.2, 0) is 4.74 Å². The van der Waals surface area contributed by atoms with Gasteiger partial charge >= 0.3 is 6.18 Å². The summed E-state index contributed by atoms with van der Waals surface area (Å²) in [7, 11) is 0. The lowest BCUT2D eigenvalue weighted by Crippen LogP contribution is -2.18. The van der Waals surface area contributed by atoms with E-state index in [4.69, 9.17) is 27.3 Å². The number of oxime groups is 1. The highest BCUT2D eigenvalue weighted by Gasteiger charge is 2.27. The van der Waals surface area contributed by atoms with Crippen molar-refractivity contribution in [3.05, 3.63) is 28.8 Å². The maximum Gasteiger partial charge on any atom is 0.411 e. The van der Waals surface area contributed by atoms with Gasteiger partial charge in [-0.25, -0.2) is 0 Å². The number of nitrogens with zero attached hydrogens (tertiary/aromatic N) is 1. The number of amidine groups is 1. The second-order valence-corrected chi connectivity index (χ2v) is 4.41. The predicted molar refractivity (Wildman–Crippen MR) is 70.9 cm³/mol. The molecule has 0 radical (unpaired) electrons. The molecule has 118 valence electrons. The van der Waals surface area contributed by atoms with Crippen molar-refractivity contribution >= 4 is 17.4 Å². The number of rotatable bonds is 7. The molecule has 0 aromatic heterocycles. The van der Waals surface area contributed by atoms with Gasteiger partial charge in [-0.2, -0.15) is 13.2 Å². The molecule has 0 amide bonds. The Morgan fingerprint density at radius 1 is 1.33 bits per heavy atom. The van der Waals surface area contributed by atoms with Gasteiger partial charge in [0.2, 0.25) is 0 Å². The molecule has 0 spiro atoms. The maximum absolute atomic E-state index is 11.8. The van der Waals surface area contributed by atoms with Crippen molar-refractivity contribution in [2.24, 2.45) is 10.9 Å². The number of halogens is 4. The minimum Gasteiger partial charge on any atom is -0.492 e. The summed E-state index contributed by atoms with van der Waals surface area (Å²) in [5, 5.41) is 11.6. The van der Waals surface area contributed by atoms with Crippen LogP contribution in [0, 0.1) is 0 Å². The molecule has 0 atom stereocenters. The summed E-state index contributed by atoms with van der Waals surface area (Å²) >= 11 is 5.93. The molecule has 1 aromatic carbocycles. The molecule has 0 heterocycles. The molecule has 5 nitrogen and oxygen atoms in total. The summed E-state index contributed by atoms with van der Waals surface area (Å²) in [4.78, 5) is 0. The van der Waals surface area contributed by atoms with Crippen LogP contribution in [0.5, 0.6) is 5.75 Å². The van der Waals surface area contributed by atoms with Crippen LogP contribution >= 0.6 is 11.6 Å². The van der Waals surface area contributed by atoms with Crippen LogP contribution in [0.4, 0.5) is 13.2 Å². The smallest absolute Gasteiger partial charge is 0.411 e. The summed E-state index contributed by atoms with van der Waals surface area (Å²) in [6.07, 6.45) is -4.04. The third-order valence-electron chi connectivity index (χ3n) is 2.29. The van der Waals surface area contributed by atoms with Crippen LogP contribution in [0.2, 0.25) is 5.02 Å². The molecule has 0 saturated heterocycles. The van der Waals surface area contributed by atoms with Crippen molar-refractivity contribution in [1.29, 1.82) is 0 Å². The normalized spacial score (nSPS) is 12.5. The first-order valence-corrected chi connectivity index (χ1v) is 6.26. The Morgan fingerprint density at radius 2 is 2.05 bits per heavy atom. The number of hydrogen-bond donors (Lipinski definition) is 2. The zero-order chi connectivity index (χ0) is 15.9. The van der Waals surface area contributed by atoms with E-state index in [9.17, 15) is 13.2 Å². The highest BCUT2D eigenvalue weighted by molar-refractivity contribution is 6.32. The van der Waals surface area contributed by atoms with Gasteiger partial charge in [-0.15, -0.1) is 0 Å². The summed E-state index contributed by atoms with van der Waals surface area (Å²) in [5.74, 6) is 0.256. The first-order chi connectivity index (χ1) is 9.83. The molecule has 1 rings (SSSR count). The third kappa shape index (κ3) is 6.54. The van der Waals surface area contributed by atoms with Gasteiger partial charge in [-0.1, -0.05) is 16.8 Å². The van der Waals surface area contributed by atoms with Gasteiger partial charge in [0.15, 0.2) is 5.84 Å². The van der Waals surface area contributed by atoms with Crippen molar-refractivity contribution in [1.82, 2.24) is 0 Å². The Bertz CT molecular complexity index is 495. The number of alkyl halides is 3. The van der Waals surface area contributed by atoms with Crippen LogP contribution in [0.3, 0.4) is 0 Å². The van der Waals surface area contributed by atoms with Crippen molar-refractivity contribution in [2.45, 2.75) is 12.6 Å². The number of hydrogen-bond acceptors (Lipinski definition) is 4. The van der Waals surface area contributed by atoms with E-state index in [0.717, 1.165) is 0 Å². The molecule has 0 aliphatic heterocycles. The zero-order valence-electron chi connectivity index (χ0n) is 10.9. The van der Waals surface area contributed by atoms with Gasteiger partial charge in [0.1, 0.15) is 12.4 Å². The zero-order valence-corrected chi connectivity index (χ0v) is 11.6. The van der Waals surface area contributed by atoms with Gasteiger partial charge in [-0.05, 0) is 18.2 Å². The van der Waals surface area contributed by atoms with Crippen LogP contribution in [0.25, 0.3) is 0 Å². The van der Waals surface area contributed by atoms with Gasteiger partial charge in [0.05, 0.1) is 18.2 Å². The van der Waals surface area contributed by atoms with Crippen molar-refractivity contribution in [2.75, 3.05) is 19.8 Å². The SMILES string of the molecule is NC(=NO)c1ccc(OCCCOCC(F)(F)F)c(Cl)c1. The average molecular weight is 327 g/mol. The van der Waals surface area contributed by atoms with Gasteiger partial charge in [-0.3, -0.25) is 0 Å². The molecule has 0 saturated carbocycles. The Balaban J connectivity index is 2.36. The standard InChI is InChI=1S/C12H14ClF3N2O3/c13-9-6-8(11(17)18-19)2-3-10(9)21-5-1-4-20-7-12(14,15)16/h2-3,6,19H,1,4-5,7H2,(H2,17,18). The molecule has 0 unspecified atom stereocenters. The molecular formula is C12H14ClF3N2O3. The summed E-state index contributed by atoms with van der Waals surface area (Å²) in [5.41, 5.74) is 5.82. The van der Waals surface area contributed by atoms with Crippen LogP contribution < -0.4 is 10.5 Å². The average Bonchev–Trinajstić information content (AvgIpc) is 2.42. The van der Waals surface area contributed by atoms with E-state index in [2.05, 4.69) is 9.89 Å². The summed E-state index contributed by atoms with van der Waals surface area (Å²) in [6.45, 7) is -1.19. The van der Waals surface area contributed by atoms with Crippen LogP contribution in [-0.4, -0.2) is 37.0 Å². The molecule has 0 aliphatic carbocycles. The second kappa shape index (κ2) is 7.94. The molecule has 1 aromatic rings. The first kappa shape index (κ1) is 17.4. The lowest BCUT2D eigenvalue weighted by Gasteiger charge is -2.10. The van der Waals surface area contributed by atoms with E-state index in [-0.39, 0.29) is 30.5 Å². The summed E-state index contributed by atoms with van der Waals surface area (Å²) in [6, 6.07) is 4.51. The van der Waals surface area contributed by atoms with Crippen LogP contribution in [0.1, 0.15) is 12.0 Å². The number of nitrogens with two attached hydrogens (primary N) is 1. The van der Waals surface area contributed by atoms with E-state index < -0.39 is 12.8 Å². The fourth-order valence-corrected chi connectivity index (χ4v) is 1.60.